The number of imidazole rings is 1. The maximum absolute atomic E-state index is 13.1. The van der Waals surface area contributed by atoms with E-state index in [1.165, 1.54) is 18.3 Å². The van der Waals surface area contributed by atoms with E-state index in [1.807, 2.05) is 36.4 Å². The Hall–Kier alpha value is -4.06. The van der Waals surface area contributed by atoms with Crippen molar-refractivity contribution in [1.29, 1.82) is 0 Å². The van der Waals surface area contributed by atoms with Crippen LogP contribution in [0.3, 0.4) is 0 Å². The highest BCUT2D eigenvalue weighted by atomic mass is 19.1. The van der Waals surface area contributed by atoms with Gasteiger partial charge >= 0.3 is 0 Å². The second-order valence-corrected chi connectivity index (χ2v) is 6.25. The lowest BCUT2D eigenvalue weighted by Gasteiger charge is -1.98. The van der Waals surface area contributed by atoms with Gasteiger partial charge in [0.1, 0.15) is 11.6 Å². The summed E-state index contributed by atoms with van der Waals surface area (Å²) in [7, 11) is 0. The number of aromatic nitrogens is 2. The summed E-state index contributed by atoms with van der Waals surface area (Å²) in [5.41, 5.74) is 2.97. The summed E-state index contributed by atoms with van der Waals surface area (Å²) < 4.78 is 14.6. The Labute approximate surface area is 167 Å². The lowest BCUT2D eigenvalue weighted by atomic mass is 10.2. The van der Waals surface area contributed by atoms with Crippen LogP contribution < -0.4 is 0 Å². The van der Waals surface area contributed by atoms with E-state index in [0.717, 1.165) is 11.1 Å². The summed E-state index contributed by atoms with van der Waals surface area (Å²) in [4.78, 5) is 8.96. The third-order valence-corrected chi connectivity index (χ3v) is 4.20. The van der Waals surface area contributed by atoms with Crippen LogP contribution in [0.1, 0.15) is 11.1 Å². The fourth-order valence-electron chi connectivity index (χ4n) is 2.68. The van der Waals surface area contributed by atoms with Gasteiger partial charge in [0.15, 0.2) is 0 Å². The number of rotatable bonds is 5. The number of hydrogen-bond acceptors (Lipinski definition) is 4. The minimum Gasteiger partial charge on any atom is -0.507 e. The molecule has 3 aromatic carbocycles. The first-order valence-corrected chi connectivity index (χ1v) is 8.96. The number of hydrogen-bond donors (Lipinski definition) is 1. The molecule has 4 rings (SSSR count). The Bertz CT molecular complexity index is 1170. The molecule has 0 aliphatic heterocycles. The second kappa shape index (κ2) is 8.31. The fourth-order valence-corrected chi connectivity index (χ4v) is 2.68. The monoisotopic (exact) mass is 384 g/mol. The van der Waals surface area contributed by atoms with Crippen LogP contribution in [-0.2, 0) is 0 Å². The van der Waals surface area contributed by atoms with Crippen LogP contribution in [0.2, 0.25) is 0 Å². The van der Waals surface area contributed by atoms with Gasteiger partial charge in [0.25, 0.3) is 5.95 Å². The van der Waals surface area contributed by atoms with Crippen molar-refractivity contribution in [3.05, 3.63) is 102 Å². The lowest BCUT2D eigenvalue weighted by Crippen LogP contribution is -1.90. The smallest absolute Gasteiger partial charge is 0.251 e. The predicted octanol–water partition coefficient (Wildman–Crippen LogP) is 5.03. The van der Waals surface area contributed by atoms with Gasteiger partial charge in [-0.3, -0.25) is 0 Å². The Balaban J connectivity index is 1.71. The van der Waals surface area contributed by atoms with Crippen LogP contribution in [0.15, 0.2) is 95.2 Å². The molecule has 6 heteroatoms. The number of nitrogens with zero attached hydrogens (tertiary/aromatic N) is 4. The van der Waals surface area contributed by atoms with E-state index in [0.29, 0.717) is 17.2 Å². The number of aliphatic imine (C=N–C) groups is 1. The maximum atomic E-state index is 13.1. The molecule has 0 aliphatic rings. The highest BCUT2D eigenvalue weighted by molar-refractivity contribution is 5.85. The Morgan fingerprint density at radius 2 is 1.59 bits per heavy atom. The van der Waals surface area contributed by atoms with E-state index in [-0.39, 0.29) is 11.6 Å². The van der Waals surface area contributed by atoms with Crippen LogP contribution in [0, 0.1) is 5.82 Å². The molecule has 0 fully saturated rings. The Kier molecular flexibility index (Phi) is 5.25. The zero-order chi connectivity index (χ0) is 20.1. The van der Waals surface area contributed by atoms with E-state index >= 15 is 0 Å². The molecule has 0 unspecified atom stereocenters. The van der Waals surface area contributed by atoms with Gasteiger partial charge in [-0.2, -0.15) is 5.10 Å². The summed E-state index contributed by atoms with van der Waals surface area (Å²) in [5.74, 6) is 0.182. The molecule has 5 nitrogen and oxygen atoms in total. The Morgan fingerprint density at radius 3 is 2.34 bits per heavy atom. The summed E-state index contributed by atoms with van der Waals surface area (Å²) in [6.07, 6.45) is 4.91. The topological polar surface area (TPSA) is 62.8 Å². The van der Waals surface area contributed by atoms with Crippen molar-refractivity contribution in [2.24, 2.45) is 10.1 Å². The van der Waals surface area contributed by atoms with Gasteiger partial charge in [-0.1, -0.05) is 54.6 Å². The molecule has 0 saturated carbocycles. The second-order valence-electron chi connectivity index (χ2n) is 6.25. The highest BCUT2D eigenvalue weighted by Gasteiger charge is 2.08. The third kappa shape index (κ3) is 4.44. The summed E-state index contributed by atoms with van der Waals surface area (Å²) in [6.45, 7) is 0. The van der Waals surface area contributed by atoms with Crippen LogP contribution in [0.5, 0.6) is 5.75 Å². The van der Waals surface area contributed by atoms with E-state index in [2.05, 4.69) is 15.1 Å². The van der Waals surface area contributed by atoms with E-state index in [9.17, 15) is 9.50 Å². The lowest BCUT2D eigenvalue weighted by molar-refractivity contribution is 0.474. The van der Waals surface area contributed by atoms with Crippen molar-refractivity contribution in [3.63, 3.8) is 0 Å². The molecule has 1 heterocycles. The molecule has 1 N–H and O–H groups in total. The van der Waals surface area contributed by atoms with Crippen LogP contribution in [0.25, 0.3) is 11.3 Å². The number of phenolic OH excluding ortho intramolecular Hbond substituents is 1. The zero-order valence-corrected chi connectivity index (χ0v) is 15.4. The standard InChI is InChI=1S/C23H17FN4O/c24-20-12-10-17(11-13-20)14-26-28-16-21(18-6-2-1-3-7-18)27-23(28)25-15-19-8-4-5-9-22(19)29/h1-16,29H/b25-15?,26-14-. The average Bonchev–Trinajstić information content (AvgIpc) is 3.16. The van der Waals surface area contributed by atoms with Gasteiger partial charge in [0, 0.05) is 17.3 Å². The molecular formula is C23H17FN4O. The molecule has 0 bridgehead atoms. The first-order chi connectivity index (χ1) is 14.2. The maximum Gasteiger partial charge on any atom is 0.251 e. The minimum absolute atomic E-state index is 0.132. The number of benzene rings is 3. The van der Waals surface area contributed by atoms with E-state index < -0.39 is 0 Å². The number of halogens is 1. The summed E-state index contributed by atoms with van der Waals surface area (Å²) >= 11 is 0. The molecule has 29 heavy (non-hydrogen) atoms. The Morgan fingerprint density at radius 1 is 0.862 bits per heavy atom. The normalized spacial score (nSPS) is 11.5. The highest BCUT2D eigenvalue weighted by Crippen LogP contribution is 2.23. The van der Waals surface area contributed by atoms with Crippen molar-refractivity contribution < 1.29 is 9.50 Å². The largest absolute Gasteiger partial charge is 0.507 e. The molecule has 0 amide bonds. The first kappa shape index (κ1) is 18.3. The van der Waals surface area contributed by atoms with Crippen molar-refractivity contribution in [3.8, 4) is 17.0 Å². The number of aromatic hydroxyl groups is 1. The molecule has 4 aromatic rings. The number of phenols is 1. The average molecular weight is 384 g/mol. The minimum atomic E-state index is -0.302. The third-order valence-electron chi connectivity index (χ3n) is 4.20. The first-order valence-electron chi connectivity index (χ1n) is 8.96. The van der Waals surface area contributed by atoms with E-state index in [4.69, 9.17) is 0 Å². The van der Waals surface area contributed by atoms with Crippen molar-refractivity contribution >= 4 is 18.4 Å². The van der Waals surface area contributed by atoms with Crippen LogP contribution in [0.4, 0.5) is 10.3 Å². The van der Waals surface area contributed by atoms with Gasteiger partial charge in [0.2, 0.25) is 0 Å². The fraction of sp³-hybridized carbons (Fsp3) is 0. The molecule has 0 saturated heterocycles. The molecule has 0 aliphatic carbocycles. The van der Waals surface area contributed by atoms with Gasteiger partial charge in [-0.15, -0.1) is 0 Å². The van der Waals surface area contributed by atoms with Gasteiger partial charge in [0.05, 0.1) is 18.1 Å². The van der Waals surface area contributed by atoms with Crippen molar-refractivity contribution in [1.82, 2.24) is 9.66 Å². The van der Waals surface area contributed by atoms with Gasteiger partial charge < -0.3 is 5.11 Å². The van der Waals surface area contributed by atoms with Gasteiger partial charge in [-0.05, 0) is 29.8 Å². The molecule has 142 valence electrons. The molecule has 0 radical (unpaired) electrons. The van der Waals surface area contributed by atoms with Crippen molar-refractivity contribution in [2.75, 3.05) is 0 Å². The SMILES string of the molecule is Oc1ccccc1C=Nc1nc(-c2ccccc2)cn1/N=C\c1ccc(F)cc1. The zero-order valence-electron chi connectivity index (χ0n) is 15.4. The summed E-state index contributed by atoms with van der Waals surface area (Å²) in [6, 6.07) is 22.6. The molecule has 0 atom stereocenters. The molecular weight excluding hydrogens is 367 g/mol. The van der Waals surface area contributed by atoms with Crippen molar-refractivity contribution in [2.45, 2.75) is 0 Å². The predicted molar refractivity (Wildman–Crippen MR) is 112 cm³/mol. The number of para-hydroxylation sites is 1. The van der Waals surface area contributed by atoms with Crippen LogP contribution in [-0.4, -0.2) is 27.2 Å². The molecule has 0 spiro atoms. The van der Waals surface area contributed by atoms with Gasteiger partial charge in [-0.25, -0.2) is 19.0 Å². The quantitative estimate of drug-likeness (QED) is 0.491. The molecule has 1 aromatic heterocycles. The summed E-state index contributed by atoms with van der Waals surface area (Å²) in [5, 5.41) is 14.4. The van der Waals surface area contributed by atoms with E-state index in [1.54, 1.807) is 47.4 Å². The van der Waals surface area contributed by atoms with Crippen LogP contribution >= 0.6 is 0 Å².